The lowest BCUT2D eigenvalue weighted by atomic mass is 9.94. The van der Waals surface area contributed by atoms with Gasteiger partial charge in [-0.15, -0.1) is 0 Å². The Morgan fingerprint density at radius 1 is 1.05 bits per heavy atom. The third-order valence-corrected chi connectivity index (χ3v) is 4.40. The fraction of sp³-hybridized carbons (Fsp3) is 0.647. The SMILES string of the molecule is OCC(NC1CCCCC1)c1ccc2c(c1)OCCCO2. The maximum atomic E-state index is 9.74. The van der Waals surface area contributed by atoms with Gasteiger partial charge in [0.2, 0.25) is 0 Å². The zero-order valence-corrected chi connectivity index (χ0v) is 12.5. The minimum atomic E-state index is -0.0229. The topological polar surface area (TPSA) is 50.7 Å². The summed E-state index contributed by atoms with van der Waals surface area (Å²) >= 11 is 0. The van der Waals surface area contributed by atoms with Crippen LogP contribution in [0.4, 0.5) is 0 Å². The van der Waals surface area contributed by atoms with Gasteiger partial charge in [-0.1, -0.05) is 25.3 Å². The number of aliphatic hydroxyl groups is 1. The molecule has 0 spiro atoms. The van der Waals surface area contributed by atoms with Crippen molar-refractivity contribution in [2.75, 3.05) is 19.8 Å². The Hall–Kier alpha value is -1.26. The van der Waals surface area contributed by atoms with Gasteiger partial charge in [-0.05, 0) is 30.5 Å². The smallest absolute Gasteiger partial charge is 0.161 e. The summed E-state index contributed by atoms with van der Waals surface area (Å²) in [7, 11) is 0. The van der Waals surface area contributed by atoms with Gasteiger partial charge in [0.15, 0.2) is 11.5 Å². The summed E-state index contributed by atoms with van der Waals surface area (Å²) in [6.45, 7) is 1.50. The number of aliphatic hydroxyl groups excluding tert-OH is 1. The first kappa shape index (κ1) is 14.7. The molecule has 21 heavy (non-hydrogen) atoms. The predicted octanol–water partition coefficient (Wildman–Crippen LogP) is 2.80. The molecule has 1 aromatic carbocycles. The Bertz CT molecular complexity index is 457. The van der Waals surface area contributed by atoms with Crippen LogP contribution in [0.3, 0.4) is 0 Å². The summed E-state index contributed by atoms with van der Waals surface area (Å²) in [6.07, 6.45) is 7.25. The molecule has 0 radical (unpaired) electrons. The molecule has 1 aliphatic heterocycles. The summed E-state index contributed by atoms with van der Waals surface area (Å²) in [5, 5.41) is 13.3. The van der Waals surface area contributed by atoms with E-state index < -0.39 is 0 Å². The third kappa shape index (κ3) is 3.69. The average molecular weight is 291 g/mol. The summed E-state index contributed by atoms with van der Waals surface area (Å²) in [4.78, 5) is 0. The highest BCUT2D eigenvalue weighted by Crippen LogP contribution is 2.32. The Balaban J connectivity index is 1.72. The van der Waals surface area contributed by atoms with Crippen molar-refractivity contribution in [2.45, 2.75) is 50.6 Å². The van der Waals surface area contributed by atoms with Crippen LogP contribution >= 0.6 is 0 Å². The molecule has 0 saturated heterocycles. The van der Waals surface area contributed by atoms with Crippen molar-refractivity contribution in [1.29, 1.82) is 0 Å². The monoisotopic (exact) mass is 291 g/mol. The molecule has 116 valence electrons. The van der Waals surface area contributed by atoms with E-state index in [1.165, 1.54) is 32.1 Å². The second kappa shape index (κ2) is 7.14. The molecule has 1 fully saturated rings. The molecule has 4 nitrogen and oxygen atoms in total. The average Bonchev–Trinajstić information content (AvgIpc) is 2.78. The zero-order chi connectivity index (χ0) is 14.5. The number of nitrogens with one attached hydrogen (secondary N) is 1. The van der Waals surface area contributed by atoms with Crippen LogP contribution in [-0.2, 0) is 0 Å². The molecule has 4 heteroatoms. The standard InChI is InChI=1S/C17H25NO3/c19-12-15(18-14-5-2-1-3-6-14)13-7-8-16-17(11-13)21-10-4-9-20-16/h7-8,11,14-15,18-19H,1-6,9-10,12H2. The Morgan fingerprint density at radius 3 is 2.57 bits per heavy atom. The molecule has 2 aliphatic rings. The maximum absolute atomic E-state index is 9.74. The van der Waals surface area contributed by atoms with Gasteiger partial charge in [-0.25, -0.2) is 0 Å². The van der Waals surface area contributed by atoms with Crippen LogP contribution in [0.25, 0.3) is 0 Å². The number of rotatable bonds is 4. The van der Waals surface area contributed by atoms with E-state index in [9.17, 15) is 5.11 Å². The lowest BCUT2D eigenvalue weighted by Crippen LogP contribution is -2.36. The largest absolute Gasteiger partial charge is 0.490 e. The van der Waals surface area contributed by atoms with Crippen molar-refractivity contribution in [3.8, 4) is 11.5 Å². The van der Waals surface area contributed by atoms with E-state index >= 15 is 0 Å². The molecule has 1 unspecified atom stereocenters. The first-order chi connectivity index (χ1) is 10.4. The molecule has 1 saturated carbocycles. The molecule has 1 heterocycles. The van der Waals surface area contributed by atoms with Crippen molar-refractivity contribution < 1.29 is 14.6 Å². The van der Waals surface area contributed by atoms with Gasteiger partial charge < -0.3 is 19.9 Å². The molecular weight excluding hydrogens is 266 g/mol. The molecule has 1 aliphatic carbocycles. The highest BCUT2D eigenvalue weighted by Gasteiger charge is 2.20. The Kier molecular flexibility index (Phi) is 4.99. The van der Waals surface area contributed by atoms with Crippen molar-refractivity contribution in [1.82, 2.24) is 5.32 Å². The van der Waals surface area contributed by atoms with Gasteiger partial charge in [0.25, 0.3) is 0 Å². The van der Waals surface area contributed by atoms with E-state index in [4.69, 9.17) is 9.47 Å². The second-order valence-electron chi connectivity index (χ2n) is 5.99. The summed E-state index contributed by atoms with van der Waals surface area (Å²) in [5.41, 5.74) is 1.08. The predicted molar refractivity (Wildman–Crippen MR) is 81.9 cm³/mol. The summed E-state index contributed by atoms with van der Waals surface area (Å²) < 4.78 is 11.4. The van der Waals surface area contributed by atoms with Crippen LogP contribution in [0.15, 0.2) is 18.2 Å². The van der Waals surface area contributed by atoms with Gasteiger partial charge in [-0.2, -0.15) is 0 Å². The lowest BCUT2D eigenvalue weighted by Gasteiger charge is -2.28. The van der Waals surface area contributed by atoms with Crippen molar-refractivity contribution >= 4 is 0 Å². The minimum Gasteiger partial charge on any atom is -0.490 e. The molecule has 1 atom stereocenters. The molecule has 1 aromatic rings. The van der Waals surface area contributed by atoms with Gasteiger partial charge >= 0.3 is 0 Å². The van der Waals surface area contributed by atoms with E-state index in [1.807, 2.05) is 18.2 Å². The third-order valence-electron chi connectivity index (χ3n) is 4.40. The summed E-state index contributed by atoms with van der Waals surface area (Å²) in [5.74, 6) is 1.61. The van der Waals surface area contributed by atoms with Crippen LogP contribution in [-0.4, -0.2) is 31.0 Å². The van der Waals surface area contributed by atoms with Crippen molar-refractivity contribution in [2.24, 2.45) is 0 Å². The number of hydrogen-bond acceptors (Lipinski definition) is 4. The first-order valence-electron chi connectivity index (χ1n) is 8.13. The fourth-order valence-corrected chi connectivity index (χ4v) is 3.20. The molecule has 0 bridgehead atoms. The maximum Gasteiger partial charge on any atom is 0.161 e. The Morgan fingerprint density at radius 2 is 1.81 bits per heavy atom. The van der Waals surface area contributed by atoms with Gasteiger partial charge in [-0.3, -0.25) is 0 Å². The molecular formula is C17H25NO3. The quantitative estimate of drug-likeness (QED) is 0.895. The second-order valence-corrected chi connectivity index (χ2v) is 5.99. The summed E-state index contributed by atoms with van der Waals surface area (Å²) in [6, 6.07) is 6.50. The van der Waals surface area contributed by atoms with E-state index in [0.29, 0.717) is 19.3 Å². The van der Waals surface area contributed by atoms with Gasteiger partial charge in [0, 0.05) is 12.5 Å². The highest BCUT2D eigenvalue weighted by molar-refractivity contribution is 5.44. The van der Waals surface area contributed by atoms with Crippen LogP contribution in [0.2, 0.25) is 0 Å². The van der Waals surface area contributed by atoms with E-state index in [0.717, 1.165) is 23.5 Å². The van der Waals surface area contributed by atoms with Crippen molar-refractivity contribution in [3.05, 3.63) is 23.8 Å². The first-order valence-corrected chi connectivity index (χ1v) is 8.13. The van der Waals surface area contributed by atoms with Crippen LogP contribution < -0.4 is 14.8 Å². The van der Waals surface area contributed by atoms with Crippen LogP contribution in [0.5, 0.6) is 11.5 Å². The van der Waals surface area contributed by atoms with E-state index in [-0.39, 0.29) is 12.6 Å². The lowest BCUT2D eigenvalue weighted by molar-refractivity contribution is 0.220. The van der Waals surface area contributed by atoms with Crippen LogP contribution in [0.1, 0.15) is 50.1 Å². The Labute approximate surface area is 126 Å². The van der Waals surface area contributed by atoms with Crippen molar-refractivity contribution in [3.63, 3.8) is 0 Å². The fourth-order valence-electron chi connectivity index (χ4n) is 3.20. The van der Waals surface area contributed by atoms with Gasteiger partial charge in [0.05, 0.1) is 25.9 Å². The van der Waals surface area contributed by atoms with Gasteiger partial charge in [0.1, 0.15) is 0 Å². The van der Waals surface area contributed by atoms with E-state index in [2.05, 4.69) is 5.32 Å². The number of fused-ring (bicyclic) bond motifs is 1. The molecule has 2 N–H and O–H groups in total. The molecule has 0 aromatic heterocycles. The molecule has 0 amide bonds. The van der Waals surface area contributed by atoms with E-state index in [1.54, 1.807) is 0 Å². The normalized spacial score (nSPS) is 20.8. The highest BCUT2D eigenvalue weighted by atomic mass is 16.5. The number of hydrogen-bond donors (Lipinski definition) is 2. The number of benzene rings is 1. The number of ether oxygens (including phenoxy) is 2. The zero-order valence-electron chi connectivity index (χ0n) is 12.5. The van der Waals surface area contributed by atoms with Crippen LogP contribution in [0, 0.1) is 0 Å². The minimum absolute atomic E-state index is 0.0229. The molecule has 3 rings (SSSR count).